The maximum atomic E-state index is 12.9. The van der Waals surface area contributed by atoms with Gasteiger partial charge in [0, 0.05) is 21.5 Å². The third-order valence-electron chi connectivity index (χ3n) is 5.14. The number of hydrazone groups is 1. The van der Waals surface area contributed by atoms with Gasteiger partial charge in [0.25, 0.3) is 5.91 Å². The molecule has 1 aromatic heterocycles. The zero-order valence-corrected chi connectivity index (χ0v) is 17.6. The van der Waals surface area contributed by atoms with Crippen molar-refractivity contribution in [2.24, 2.45) is 5.10 Å². The van der Waals surface area contributed by atoms with Crippen molar-refractivity contribution in [1.82, 2.24) is 10.4 Å². The fraction of sp³-hybridized carbons (Fsp3) is 0.261. The molecule has 1 aliphatic rings. The molecule has 1 heterocycles. The maximum absolute atomic E-state index is 12.9. The van der Waals surface area contributed by atoms with E-state index in [1.54, 1.807) is 0 Å². The Morgan fingerprint density at radius 2 is 1.93 bits per heavy atom. The number of pyridine rings is 1. The molecule has 1 fully saturated rings. The standard InChI is InChI=1S/C23H22BrN3O/c1-3-15-4-6-16(7-5-15)14(2)26-27-23(28)20-13-22(17-8-9-17)25-21-11-10-18(24)12-19(20)21/h4-7,10-13,17H,3,8-9H2,1-2H3,(H,27,28)/b26-14+. The zero-order valence-electron chi connectivity index (χ0n) is 16.0. The molecule has 5 heteroatoms. The van der Waals surface area contributed by atoms with Crippen LogP contribution in [0.25, 0.3) is 10.9 Å². The minimum Gasteiger partial charge on any atom is -0.267 e. The Hall–Kier alpha value is -2.53. The van der Waals surface area contributed by atoms with Gasteiger partial charge in [0.05, 0.1) is 16.8 Å². The Kier molecular flexibility index (Phi) is 5.27. The monoisotopic (exact) mass is 435 g/mol. The molecule has 0 saturated heterocycles. The second kappa shape index (κ2) is 7.84. The highest BCUT2D eigenvalue weighted by atomic mass is 79.9. The second-order valence-corrected chi connectivity index (χ2v) is 8.13. The van der Waals surface area contributed by atoms with Gasteiger partial charge in [0.15, 0.2) is 0 Å². The molecule has 142 valence electrons. The largest absolute Gasteiger partial charge is 0.272 e. The van der Waals surface area contributed by atoms with Crippen LogP contribution in [0.1, 0.15) is 59.8 Å². The lowest BCUT2D eigenvalue weighted by atomic mass is 10.1. The fourth-order valence-corrected chi connectivity index (χ4v) is 3.60. The molecule has 4 nitrogen and oxygen atoms in total. The summed E-state index contributed by atoms with van der Waals surface area (Å²) in [6, 6.07) is 16.0. The van der Waals surface area contributed by atoms with E-state index in [1.807, 2.05) is 43.3 Å². The fourth-order valence-electron chi connectivity index (χ4n) is 3.24. The molecule has 0 bridgehead atoms. The van der Waals surface area contributed by atoms with Gasteiger partial charge in [-0.2, -0.15) is 5.10 Å². The third kappa shape index (κ3) is 3.99. The molecule has 1 aliphatic carbocycles. The number of carbonyl (C=O) groups is 1. The quantitative estimate of drug-likeness (QED) is 0.419. The third-order valence-corrected chi connectivity index (χ3v) is 5.63. The predicted molar refractivity (Wildman–Crippen MR) is 117 cm³/mol. The van der Waals surface area contributed by atoms with Crippen molar-refractivity contribution in [3.8, 4) is 0 Å². The van der Waals surface area contributed by atoms with Crippen LogP contribution in [0.4, 0.5) is 0 Å². The van der Waals surface area contributed by atoms with Gasteiger partial charge in [-0.3, -0.25) is 9.78 Å². The van der Waals surface area contributed by atoms with Gasteiger partial charge in [-0.25, -0.2) is 5.43 Å². The number of amides is 1. The summed E-state index contributed by atoms with van der Waals surface area (Å²) < 4.78 is 0.922. The summed E-state index contributed by atoms with van der Waals surface area (Å²) in [7, 11) is 0. The van der Waals surface area contributed by atoms with Crippen LogP contribution < -0.4 is 5.43 Å². The molecule has 0 aliphatic heterocycles. The number of benzene rings is 2. The number of nitrogens with one attached hydrogen (secondary N) is 1. The van der Waals surface area contributed by atoms with Gasteiger partial charge in [-0.15, -0.1) is 0 Å². The first-order valence-electron chi connectivity index (χ1n) is 9.59. The molecule has 3 aromatic rings. The van der Waals surface area contributed by atoms with Crippen LogP contribution in [0.3, 0.4) is 0 Å². The Bertz CT molecular complexity index is 1070. The lowest BCUT2D eigenvalue weighted by Gasteiger charge is -2.09. The van der Waals surface area contributed by atoms with E-state index in [1.165, 1.54) is 5.56 Å². The van der Waals surface area contributed by atoms with Gasteiger partial charge in [0.1, 0.15) is 0 Å². The molecule has 0 spiro atoms. The Morgan fingerprint density at radius 3 is 2.61 bits per heavy atom. The highest BCUT2D eigenvalue weighted by Gasteiger charge is 2.27. The van der Waals surface area contributed by atoms with Crippen molar-refractivity contribution < 1.29 is 4.79 Å². The molecule has 0 radical (unpaired) electrons. The first kappa shape index (κ1) is 18.8. The van der Waals surface area contributed by atoms with E-state index in [0.29, 0.717) is 11.5 Å². The minimum absolute atomic E-state index is 0.211. The van der Waals surface area contributed by atoms with Crippen molar-refractivity contribution in [3.05, 3.63) is 75.4 Å². The van der Waals surface area contributed by atoms with Gasteiger partial charge in [-0.05, 0) is 61.6 Å². The van der Waals surface area contributed by atoms with Crippen molar-refractivity contribution in [2.75, 3.05) is 0 Å². The molecule has 0 atom stereocenters. The lowest BCUT2D eigenvalue weighted by molar-refractivity contribution is 0.0956. The molecule has 4 rings (SSSR count). The molecular formula is C23H22BrN3O. The number of halogens is 1. The highest BCUT2D eigenvalue weighted by Crippen LogP contribution is 2.40. The highest BCUT2D eigenvalue weighted by molar-refractivity contribution is 9.10. The first-order valence-corrected chi connectivity index (χ1v) is 10.4. The van der Waals surface area contributed by atoms with Gasteiger partial charge in [-0.1, -0.05) is 47.1 Å². The van der Waals surface area contributed by atoms with E-state index < -0.39 is 0 Å². The lowest BCUT2D eigenvalue weighted by Crippen LogP contribution is -2.20. The zero-order chi connectivity index (χ0) is 19.7. The minimum atomic E-state index is -0.211. The smallest absolute Gasteiger partial charge is 0.267 e. The van der Waals surface area contributed by atoms with Gasteiger partial charge < -0.3 is 0 Å². The molecule has 28 heavy (non-hydrogen) atoms. The number of hydrogen-bond donors (Lipinski definition) is 1. The average molecular weight is 436 g/mol. The van der Waals surface area contributed by atoms with Crippen LogP contribution in [-0.2, 0) is 6.42 Å². The van der Waals surface area contributed by atoms with Gasteiger partial charge in [0.2, 0.25) is 0 Å². The SMILES string of the molecule is CCc1ccc(/C(C)=N/NC(=O)c2cc(C3CC3)nc3ccc(Br)cc23)cc1. The Labute approximate surface area is 173 Å². The van der Waals surface area contributed by atoms with E-state index >= 15 is 0 Å². The van der Waals surface area contributed by atoms with Crippen molar-refractivity contribution >= 4 is 38.5 Å². The second-order valence-electron chi connectivity index (χ2n) is 7.22. The van der Waals surface area contributed by atoms with Crippen LogP contribution in [-0.4, -0.2) is 16.6 Å². The van der Waals surface area contributed by atoms with Crippen LogP contribution in [0.15, 0.2) is 58.1 Å². The van der Waals surface area contributed by atoms with E-state index in [9.17, 15) is 4.79 Å². The van der Waals surface area contributed by atoms with Crippen LogP contribution in [0.5, 0.6) is 0 Å². The number of rotatable bonds is 5. The van der Waals surface area contributed by atoms with Crippen molar-refractivity contribution in [2.45, 2.75) is 39.0 Å². The van der Waals surface area contributed by atoms with E-state index in [2.05, 4.69) is 45.5 Å². The molecule has 2 aromatic carbocycles. The summed E-state index contributed by atoms with van der Waals surface area (Å²) in [6.07, 6.45) is 3.28. The number of hydrogen-bond acceptors (Lipinski definition) is 3. The summed E-state index contributed by atoms with van der Waals surface area (Å²) in [5.41, 5.74) is 8.24. The average Bonchev–Trinajstić information content (AvgIpc) is 3.56. The topological polar surface area (TPSA) is 54.4 Å². The van der Waals surface area contributed by atoms with E-state index in [-0.39, 0.29) is 5.91 Å². The normalized spacial score (nSPS) is 14.3. The number of fused-ring (bicyclic) bond motifs is 1. The molecule has 1 amide bonds. The Balaban J connectivity index is 1.63. The number of aromatic nitrogens is 1. The van der Waals surface area contributed by atoms with Crippen molar-refractivity contribution in [1.29, 1.82) is 0 Å². The summed E-state index contributed by atoms with van der Waals surface area (Å²) in [4.78, 5) is 17.7. The molecule has 0 unspecified atom stereocenters. The van der Waals surface area contributed by atoms with Crippen LogP contribution in [0, 0.1) is 0 Å². The molecular weight excluding hydrogens is 414 g/mol. The summed E-state index contributed by atoms with van der Waals surface area (Å²) in [5.74, 6) is 0.263. The first-order chi connectivity index (χ1) is 13.5. The molecule has 1 saturated carbocycles. The summed E-state index contributed by atoms with van der Waals surface area (Å²) >= 11 is 3.49. The number of nitrogens with zero attached hydrogens (tertiary/aromatic N) is 2. The maximum Gasteiger partial charge on any atom is 0.272 e. The predicted octanol–water partition coefficient (Wildman–Crippen LogP) is 5.59. The summed E-state index contributed by atoms with van der Waals surface area (Å²) in [6.45, 7) is 4.03. The Morgan fingerprint density at radius 1 is 1.18 bits per heavy atom. The van der Waals surface area contributed by atoms with Crippen LogP contribution in [0.2, 0.25) is 0 Å². The van der Waals surface area contributed by atoms with E-state index in [4.69, 9.17) is 4.98 Å². The summed E-state index contributed by atoms with van der Waals surface area (Å²) in [5, 5.41) is 5.16. The van der Waals surface area contributed by atoms with Crippen LogP contribution >= 0.6 is 15.9 Å². The van der Waals surface area contributed by atoms with Crippen molar-refractivity contribution in [3.63, 3.8) is 0 Å². The van der Waals surface area contributed by atoms with Gasteiger partial charge >= 0.3 is 0 Å². The van der Waals surface area contributed by atoms with E-state index in [0.717, 1.165) is 51.6 Å². The molecule has 1 N–H and O–H groups in total. The number of aryl methyl sites for hydroxylation is 1. The number of carbonyl (C=O) groups excluding carboxylic acids is 1.